The predicted molar refractivity (Wildman–Crippen MR) is 82.6 cm³/mol. The van der Waals surface area contributed by atoms with Crippen LogP contribution in [0.1, 0.15) is 30.2 Å². The number of benzene rings is 1. The average Bonchev–Trinajstić information content (AvgIpc) is 2.88. The van der Waals surface area contributed by atoms with E-state index in [1.54, 1.807) is 0 Å². The van der Waals surface area contributed by atoms with Crippen molar-refractivity contribution < 1.29 is 13.2 Å². The minimum Gasteiger partial charge on any atom is -0.236 e. The molecular weight excluding hydrogens is 350 g/mol. The molecule has 0 saturated carbocycles. The van der Waals surface area contributed by atoms with Crippen LogP contribution in [0.25, 0.3) is 11.3 Å². The fraction of sp³-hybridized carbons (Fsp3) is 0.200. The summed E-state index contributed by atoms with van der Waals surface area (Å²) in [4.78, 5) is 0. The molecule has 2 aromatic rings. The second kappa shape index (κ2) is 6.26. The molecule has 0 saturated heterocycles. The highest BCUT2D eigenvalue weighted by molar-refractivity contribution is 6.37. The van der Waals surface area contributed by atoms with E-state index in [4.69, 9.17) is 28.5 Å². The third-order valence-electron chi connectivity index (χ3n) is 3.20. The highest BCUT2D eigenvalue weighted by atomic mass is 35.5. The zero-order chi connectivity index (χ0) is 17.4. The summed E-state index contributed by atoms with van der Waals surface area (Å²) in [6.07, 6.45) is -2.49. The molecule has 0 amide bonds. The number of nitrogens with zero attached hydrogens (tertiary/aromatic N) is 3. The van der Waals surface area contributed by atoms with E-state index in [-0.39, 0.29) is 21.4 Å². The van der Waals surface area contributed by atoms with E-state index >= 15 is 0 Å². The van der Waals surface area contributed by atoms with Crippen LogP contribution in [-0.2, 0) is 6.18 Å². The summed E-state index contributed by atoms with van der Waals surface area (Å²) in [6, 6.07) is 3.45. The number of hydrogen-bond acceptors (Lipinski definition) is 2. The second-order valence-electron chi connectivity index (χ2n) is 4.69. The summed E-state index contributed by atoms with van der Waals surface area (Å²) in [6.45, 7) is 5.69. The molecule has 3 nitrogen and oxygen atoms in total. The molecule has 0 aliphatic rings. The van der Waals surface area contributed by atoms with Crippen molar-refractivity contribution in [3.63, 3.8) is 0 Å². The Bertz CT molecular complexity index is 793. The molecule has 0 aliphatic carbocycles. The maximum absolute atomic E-state index is 12.8. The van der Waals surface area contributed by atoms with Crippen molar-refractivity contribution >= 4 is 28.8 Å². The van der Waals surface area contributed by atoms with Gasteiger partial charge in [0.05, 0.1) is 15.6 Å². The second-order valence-corrected chi connectivity index (χ2v) is 5.51. The number of rotatable bonds is 3. The third-order valence-corrected chi connectivity index (χ3v) is 3.78. The smallest absolute Gasteiger partial charge is 0.236 e. The lowest BCUT2D eigenvalue weighted by Gasteiger charge is -2.12. The average molecular weight is 360 g/mol. The van der Waals surface area contributed by atoms with Gasteiger partial charge in [-0.25, -0.2) is 4.68 Å². The Kier molecular flexibility index (Phi) is 4.73. The third kappa shape index (κ3) is 3.36. The highest BCUT2D eigenvalue weighted by Gasteiger charge is 2.32. The van der Waals surface area contributed by atoms with Crippen LogP contribution in [0.3, 0.4) is 0 Å². The maximum atomic E-state index is 12.8. The maximum Gasteiger partial charge on any atom is 0.416 e. The first-order valence-electron chi connectivity index (χ1n) is 6.43. The molecule has 1 heterocycles. The number of alkyl halides is 3. The van der Waals surface area contributed by atoms with Gasteiger partial charge in [-0.1, -0.05) is 36.7 Å². The van der Waals surface area contributed by atoms with Crippen molar-refractivity contribution in [3.05, 3.63) is 51.8 Å². The van der Waals surface area contributed by atoms with Gasteiger partial charge < -0.3 is 0 Å². The molecule has 120 valence electrons. The molecule has 2 rings (SSSR count). The number of hydrogen-bond donors (Lipinski definition) is 0. The molecular formula is C15H10Cl2F3N3. The van der Waals surface area contributed by atoms with Crippen molar-refractivity contribution in [1.82, 2.24) is 9.78 Å². The molecule has 0 N–H and O–H groups in total. The standard InChI is InChI=1S/C15H10Cl2F3N3/c1-3-8(2)10-7-23(22-13(10)6-21)14-11(16)4-9(5-12(14)17)15(18,19)20/h4-5,7H,2-3H2,1H3. The van der Waals surface area contributed by atoms with Gasteiger partial charge in [0.1, 0.15) is 11.8 Å². The Balaban J connectivity index is 2.62. The van der Waals surface area contributed by atoms with Crippen molar-refractivity contribution in [2.75, 3.05) is 0 Å². The molecule has 0 aliphatic heterocycles. The molecule has 1 aromatic carbocycles. The Morgan fingerprint density at radius 3 is 2.35 bits per heavy atom. The van der Waals surface area contributed by atoms with Crippen molar-refractivity contribution in [1.29, 1.82) is 5.26 Å². The predicted octanol–water partition coefficient (Wildman–Crippen LogP) is 5.49. The Labute approximate surface area is 140 Å². The zero-order valence-electron chi connectivity index (χ0n) is 11.9. The zero-order valence-corrected chi connectivity index (χ0v) is 13.4. The van der Waals surface area contributed by atoms with Crippen LogP contribution in [0, 0.1) is 11.3 Å². The summed E-state index contributed by atoms with van der Waals surface area (Å²) >= 11 is 11.9. The van der Waals surface area contributed by atoms with Crippen LogP contribution in [0.15, 0.2) is 24.9 Å². The van der Waals surface area contributed by atoms with Gasteiger partial charge in [0.2, 0.25) is 0 Å². The number of halogens is 5. The van der Waals surface area contributed by atoms with Gasteiger partial charge in [0, 0.05) is 11.8 Å². The minimum atomic E-state index is -4.56. The monoisotopic (exact) mass is 359 g/mol. The topological polar surface area (TPSA) is 41.6 Å². The van der Waals surface area contributed by atoms with Crippen LogP contribution < -0.4 is 0 Å². The number of allylic oxidation sites excluding steroid dienone is 1. The van der Waals surface area contributed by atoms with E-state index in [9.17, 15) is 13.2 Å². The van der Waals surface area contributed by atoms with Crippen molar-refractivity contribution in [3.8, 4) is 11.8 Å². The van der Waals surface area contributed by atoms with Gasteiger partial charge in [0.25, 0.3) is 0 Å². The van der Waals surface area contributed by atoms with Crippen LogP contribution in [0.2, 0.25) is 10.0 Å². The number of aromatic nitrogens is 2. The van der Waals surface area contributed by atoms with E-state index < -0.39 is 11.7 Å². The fourth-order valence-electron chi connectivity index (χ4n) is 1.97. The van der Waals surface area contributed by atoms with Crippen LogP contribution in [-0.4, -0.2) is 9.78 Å². The lowest BCUT2D eigenvalue weighted by molar-refractivity contribution is -0.137. The molecule has 8 heteroatoms. The molecule has 1 aromatic heterocycles. The molecule has 23 heavy (non-hydrogen) atoms. The van der Waals surface area contributed by atoms with Crippen LogP contribution in [0.5, 0.6) is 0 Å². The summed E-state index contributed by atoms with van der Waals surface area (Å²) in [5.74, 6) is 0. The van der Waals surface area contributed by atoms with Gasteiger partial charge in [-0.05, 0) is 24.1 Å². The minimum absolute atomic E-state index is 0.0768. The van der Waals surface area contributed by atoms with Crippen molar-refractivity contribution in [2.24, 2.45) is 0 Å². The van der Waals surface area contributed by atoms with E-state index in [1.807, 2.05) is 13.0 Å². The van der Waals surface area contributed by atoms with E-state index in [2.05, 4.69) is 11.7 Å². The summed E-state index contributed by atoms with van der Waals surface area (Å²) in [7, 11) is 0. The van der Waals surface area contributed by atoms with E-state index in [0.717, 1.165) is 12.1 Å². The Morgan fingerprint density at radius 1 is 1.35 bits per heavy atom. The molecule has 0 unspecified atom stereocenters. The lowest BCUT2D eigenvalue weighted by atomic mass is 10.1. The van der Waals surface area contributed by atoms with Crippen LogP contribution >= 0.6 is 23.2 Å². The van der Waals surface area contributed by atoms with Gasteiger partial charge >= 0.3 is 6.18 Å². The van der Waals surface area contributed by atoms with Gasteiger partial charge in [-0.15, -0.1) is 0 Å². The normalized spacial score (nSPS) is 11.3. The Hall–Kier alpha value is -1.97. The fourth-order valence-corrected chi connectivity index (χ4v) is 2.63. The summed E-state index contributed by atoms with van der Waals surface area (Å²) in [5, 5.41) is 12.7. The molecule has 0 spiro atoms. The number of nitriles is 1. The first kappa shape index (κ1) is 17.4. The van der Waals surface area contributed by atoms with E-state index in [1.165, 1.54) is 10.9 Å². The van der Waals surface area contributed by atoms with Gasteiger partial charge in [0.15, 0.2) is 5.69 Å². The summed E-state index contributed by atoms with van der Waals surface area (Å²) in [5.41, 5.74) is 0.396. The van der Waals surface area contributed by atoms with Gasteiger partial charge in [-0.3, -0.25) is 0 Å². The quantitative estimate of drug-likeness (QED) is 0.726. The van der Waals surface area contributed by atoms with Crippen LogP contribution in [0.4, 0.5) is 13.2 Å². The molecule has 0 bridgehead atoms. The lowest BCUT2D eigenvalue weighted by Crippen LogP contribution is -2.07. The molecule has 0 radical (unpaired) electrons. The molecule has 0 fully saturated rings. The highest BCUT2D eigenvalue weighted by Crippen LogP contribution is 2.37. The van der Waals surface area contributed by atoms with Crippen molar-refractivity contribution in [2.45, 2.75) is 19.5 Å². The summed E-state index contributed by atoms with van der Waals surface area (Å²) < 4.78 is 39.5. The first-order chi connectivity index (χ1) is 10.7. The largest absolute Gasteiger partial charge is 0.416 e. The molecule has 0 atom stereocenters. The van der Waals surface area contributed by atoms with E-state index in [0.29, 0.717) is 17.6 Å². The first-order valence-corrected chi connectivity index (χ1v) is 7.19. The van der Waals surface area contributed by atoms with Gasteiger partial charge in [-0.2, -0.15) is 23.5 Å². The SMILES string of the molecule is C=C(CC)c1cn(-c2c(Cl)cc(C(F)(F)F)cc2Cl)nc1C#N. The Morgan fingerprint density at radius 2 is 1.91 bits per heavy atom.